The fourth-order valence-corrected chi connectivity index (χ4v) is 2.67. The van der Waals surface area contributed by atoms with Gasteiger partial charge in [0.25, 0.3) is 11.7 Å². The summed E-state index contributed by atoms with van der Waals surface area (Å²) >= 11 is 6.13. The number of carbonyl (C=O) groups is 1. The number of nitrogens with zero attached hydrogens (tertiary/aromatic N) is 1. The summed E-state index contributed by atoms with van der Waals surface area (Å²) in [6.45, 7) is 1.04. The van der Waals surface area contributed by atoms with Gasteiger partial charge in [0, 0.05) is 12.6 Å². The lowest BCUT2D eigenvalue weighted by atomic mass is 10.1. The lowest BCUT2D eigenvalue weighted by Gasteiger charge is -2.32. The highest BCUT2D eigenvalue weighted by molar-refractivity contribution is 6.34. The minimum atomic E-state index is -1.27. The molecule has 0 N–H and O–H groups in total. The summed E-state index contributed by atoms with van der Waals surface area (Å²) in [5.74, 6) is -1.48. The number of rotatable bonds is 0. The molecule has 3 rings (SSSR count). The Labute approximate surface area is 104 Å². The molecule has 2 aliphatic heterocycles. The molecule has 0 aliphatic carbocycles. The molecule has 17 heavy (non-hydrogen) atoms. The van der Waals surface area contributed by atoms with Gasteiger partial charge in [0.2, 0.25) is 0 Å². The van der Waals surface area contributed by atoms with Crippen LogP contribution in [-0.4, -0.2) is 26.2 Å². The number of hydrogen-bond acceptors (Lipinski definition) is 3. The molecule has 1 spiro atoms. The molecule has 1 aromatic rings. The third-order valence-corrected chi connectivity index (χ3v) is 3.47. The largest absolute Gasteiger partial charge is 0.338 e. The molecule has 0 unspecified atom stereocenters. The summed E-state index contributed by atoms with van der Waals surface area (Å²) < 4.78 is 11.2. The number of hydrogen-bond donors (Lipinski definition) is 0. The first-order valence-corrected chi connectivity index (χ1v) is 5.90. The maximum Gasteiger partial charge on any atom is 0.292 e. The Hall–Kier alpha value is -1.10. The molecule has 1 fully saturated rings. The molecule has 1 saturated heterocycles. The molecule has 1 amide bonds. The van der Waals surface area contributed by atoms with Crippen molar-refractivity contribution in [1.29, 1.82) is 0 Å². The number of fused-ring (bicyclic) bond motifs is 2. The van der Waals surface area contributed by atoms with Crippen LogP contribution >= 0.6 is 11.6 Å². The van der Waals surface area contributed by atoms with Crippen LogP contribution in [0.4, 0.5) is 5.69 Å². The van der Waals surface area contributed by atoms with Crippen molar-refractivity contribution in [2.24, 2.45) is 0 Å². The van der Waals surface area contributed by atoms with E-state index < -0.39 is 5.79 Å². The zero-order valence-electron chi connectivity index (χ0n) is 9.40. The van der Waals surface area contributed by atoms with Crippen LogP contribution in [0.25, 0.3) is 0 Å². The van der Waals surface area contributed by atoms with Crippen molar-refractivity contribution < 1.29 is 14.3 Å². The van der Waals surface area contributed by atoms with Crippen molar-refractivity contribution in [2.45, 2.75) is 12.2 Å². The molecule has 0 saturated carbocycles. The number of ether oxygens (including phenoxy) is 2. The van der Waals surface area contributed by atoms with E-state index in [1.165, 1.54) is 4.90 Å². The second-order valence-electron chi connectivity index (χ2n) is 4.17. The molecular formula is C12H12ClNO3. The average Bonchev–Trinajstić information content (AvgIpc) is 2.55. The van der Waals surface area contributed by atoms with Gasteiger partial charge in [-0.05, 0) is 12.5 Å². The van der Waals surface area contributed by atoms with Crippen molar-refractivity contribution in [1.82, 2.24) is 0 Å². The smallest absolute Gasteiger partial charge is 0.292 e. The van der Waals surface area contributed by atoms with E-state index >= 15 is 0 Å². The van der Waals surface area contributed by atoms with Crippen LogP contribution in [0.1, 0.15) is 12.0 Å². The summed E-state index contributed by atoms with van der Waals surface area (Å²) in [5.41, 5.74) is 1.39. The lowest BCUT2D eigenvalue weighted by Crippen LogP contribution is -2.46. The van der Waals surface area contributed by atoms with E-state index in [1.54, 1.807) is 19.2 Å². The molecule has 0 atom stereocenters. The fraction of sp³-hybridized carbons (Fsp3) is 0.417. The average molecular weight is 254 g/mol. The molecule has 2 aliphatic rings. The van der Waals surface area contributed by atoms with Crippen molar-refractivity contribution >= 4 is 23.2 Å². The Morgan fingerprint density at radius 3 is 2.76 bits per heavy atom. The molecule has 2 heterocycles. The third kappa shape index (κ3) is 1.35. The summed E-state index contributed by atoms with van der Waals surface area (Å²) in [7, 11) is 1.68. The maximum absolute atomic E-state index is 12.3. The second-order valence-corrected chi connectivity index (χ2v) is 4.57. The van der Waals surface area contributed by atoms with E-state index in [4.69, 9.17) is 21.1 Å². The number of carbonyl (C=O) groups excluding carboxylic acids is 1. The molecule has 0 aromatic heterocycles. The molecule has 4 nitrogen and oxygen atoms in total. The Bertz CT molecular complexity index is 483. The summed E-state index contributed by atoms with van der Waals surface area (Å²) in [5, 5.41) is 0.535. The molecule has 1 aromatic carbocycles. The highest BCUT2D eigenvalue weighted by Gasteiger charge is 2.54. The first-order chi connectivity index (χ1) is 8.17. The van der Waals surface area contributed by atoms with Crippen LogP contribution in [0.3, 0.4) is 0 Å². The fourth-order valence-electron chi connectivity index (χ4n) is 2.37. The van der Waals surface area contributed by atoms with Crippen molar-refractivity contribution in [3.8, 4) is 0 Å². The van der Waals surface area contributed by atoms with Gasteiger partial charge in [0.1, 0.15) is 0 Å². The van der Waals surface area contributed by atoms with E-state index in [-0.39, 0.29) is 5.91 Å². The first-order valence-electron chi connectivity index (χ1n) is 5.52. The SMILES string of the molecule is CN1C(=O)C2(OCCCO2)c2cccc(Cl)c21. The second kappa shape index (κ2) is 3.70. The minimum absolute atomic E-state index is 0.208. The Morgan fingerprint density at radius 1 is 1.35 bits per heavy atom. The normalized spacial score (nSPS) is 22.0. The van der Waals surface area contributed by atoms with E-state index in [9.17, 15) is 4.79 Å². The molecule has 0 bridgehead atoms. The minimum Gasteiger partial charge on any atom is -0.338 e. The van der Waals surface area contributed by atoms with Crippen LogP contribution in [0, 0.1) is 0 Å². The summed E-state index contributed by atoms with van der Waals surface area (Å²) in [4.78, 5) is 13.8. The molecule has 5 heteroatoms. The van der Waals surface area contributed by atoms with Crippen molar-refractivity contribution in [3.63, 3.8) is 0 Å². The van der Waals surface area contributed by atoms with Crippen LogP contribution in [0.15, 0.2) is 18.2 Å². The van der Waals surface area contributed by atoms with Gasteiger partial charge in [0.15, 0.2) is 0 Å². The maximum atomic E-state index is 12.3. The summed E-state index contributed by atoms with van der Waals surface area (Å²) in [6.07, 6.45) is 0.800. The number of halogens is 1. The lowest BCUT2D eigenvalue weighted by molar-refractivity contribution is -0.256. The predicted molar refractivity (Wildman–Crippen MR) is 63.1 cm³/mol. The highest BCUT2D eigenvalue weighted by Crippen LogP contribution is 2.47. The van der Waals surface area contributed by atoms with Crippen molar-refractivity contribution in [3.05, 3.63) is 28.8 Å². The van der Waals surface area contributed by atoms with E-state index in [0.717, 1.165) is 6.42 Å². The summed E-state index contributed by atoms with van der Waals surface area (Å²) in [6, 6.07) is 5.39. The number of anilines is 1. The van der Waals surface area contributed by atoms with E-state index in [2.05, 4.69) is 0 Å². The molecular weight excluding hydrogens is 242 g/mol. The van der Waals surface area contributed by atoms with Crippen LogP contribution in [0.2, 0.25) is 5.02 Å². The van der Waals surface area contributed by atoms with E-state index in [1.807, 2.05) is 6.07 Å². The van der Waals surface area contributed by atoms with Gasteiger partial charge in [-0.3, -0.25) is 4.79 Å². The van der Waals surface area contributed by atoms with Gasteiger partial charge in [-0.1, -0.05) is 23.7 Å². The van der Waals surface area contributed by atoms with E-state index in [0.29, 0.717) is 29.5 Å². The third-order valence-electron chi connectivity index (χ3n) is 3.16. The number of para-hydroxylation sites is 1. The van der Waals surface area contributed by atoms with Crippen LogP contribution in [-0.2, 0) is 20.1 Å². The zero-order valence-corrected chi connectivity index (χ0v) is 10.2. The topological polar surface area (TPSA) is 38.8 Å². The Balaban J connectivity index is 2.20. The van der Waals surface area contributed by atoms with Crippen LogP contribution < -0.4 is 4.90 Å². The number of benzene rings is 1. The van der Waals surface area contributed by atoms with Gasteiger partial charge in [-0.2, -0.15) is 0 Å². The van der Waals surface area contributed by atoms with Gasteiger partial charge < -0.3 is 14.4 Å². The number of likely N-dealkylation sites (N-methyl/N-ethyl adjacent to an activating group) is 1. The van der Waals surface area contributed by atoms with Crippen molar-refractivity contribution in [2.75, 3.05) is 25.2 Å². The molecule has 0 radical (unpaired) electrons. The van der Waals surface area contributed by atoms with Gasteiger partial charge in [-0.25, -0.2) is 0 Å². The van der Waals surface area contributed by atoms with Gasteiger partial charge in [-0.15, -0.1) is 0 Å². The Kier molecular flexibility index (Phi) is 2.40. The standard InChI is InChI=1S/C12H12ClNO3/c1-14-10-8(4-2-5-9(10)13)12(11(14)15)16-6-3-7-17-12/h2,4-5H,3,6-7H2,1H3. The van der Waals surface area contributed by atoms with Crippen LogP contribution in [0.5, 0.6) is 0 Å². The Morgan fingerprint density at radius 2 is 2.06 bits per heavy atom. The quantitative estimate of drug-likeness (QED) is 0.709. The molecule has 90 valence electrons. The van der Waals surface area contributed by atoms with Gasteiger partial charge >= 0.3 is 0 Å². The van der Waals surface area contributed by atoms with Gasteiger partial charge in [0.05, 0.1) is 23.9 Å². The number of amides is 1. The predicted octanol–water partition coefficient (Wildman–Crippen LogP) is 1.91. The first kappa shape index (κ1) is 11.0. The highest BCUT2D eigenvalue weighted by atomic mass is 35.5. The zero-order chi connectivity index (χ0) is 12.0. The monoisotopic (exact) mass is 253 g/mol.